The van der Waals surface area contributed by atoms with Gasteiger partial charge in [-0.25, -0.2) is 0 Å². The highest BCUT2D eigenvalue weighted by atomic mass is 15.3. The molecule has 2 aliphatic heterocycles. The molecule has 0 aliphatic carbocycles. The van der Waals surface area contributed by atoms with Crippen LogP contribution in [0.25, 0.3) is 0 Å². The monoisotopic (exact) mass is 287 g/mol. The number of hydrogen-bond acceptors (Lipinski definition) is 3. The highest BCUT2D eigenvalue weighted by Crippen LogP contribution is 2.25. The van der Waals surface area contributed by atoms with E-state index in [0.29, 0.717) is 6.04 Å². The van der Waals surface area contributed by atoms with Crippen LogP contribution in [0.5, 0.6) is 0 Å². The Hall–Kier alpha value is -1.06. The number of rotatable bonds is 5. The first-order chi connectivity index (χ1) is 10.2. The number of nitrogens with one attached hydrogen (secondary N) is 1. The number of anilines is 1. The molecule has 3 heteroatoms. The third-order valence-electron chi connectivity index (χ3n) is 4.84. The lowest BCUT2D eigenvalue weighted by atomic mass is 10.2. The lowest BCUT2D eigenvalue weighted by Gasteiger charge is -2.24. The van der Waals surface area contributed by atoms with Gasteiger partial charge in [0.05, 0.1) is 0 Å². The second-order valence-electron chi connectivity index (χ2n) is 6.83. The summed E-state index contributed by atoms with van der Waals surface area (Å²) in [4.78, 5) is 5.25. The van der Waals surface area contributed by atoms with E-state index < -0.39 is 0 Å². The summed E-state index contributed by atoms with van der Waals surface area (Å²) in [6.45, 7) is 10.4. The zero-order valence-electron chi connectivity index (χ0n) is 13.5. The van der Waals surface area contributed by atoms with Gasteiger partial charge in [0.25, 0.3) is 0 Å². The number of likely N-dealkylation sites (tertiary alicyclic amines) is 1. The van der Waals surface area contributed by atoms with Crippen molar-refractivity contribution in [2.75, 3.05) is 31.1 Å². The maximum absolute atomic E-state index is 3.47. The van der Waals surface area contributed by atoms with E-state index in [1.54, 1.807) is 0 Å². The van der Waals surface area contributed by atoms with E-state index in [1.165, 1.54) is 56.7 Å². The number of benzene rings is 1. The fraction of sp³-hybridized carbons (Fsp3) is 0.667. The van der Waals surface area contributed by atoms with Gasteiger partial charge < -0.3 is 10.2 Å². The average Bonchev–Trinajstić information content (AvgIpc) is 3.16. The summed E-state index contributed by atoms with van der Waals surface area (Å²) in [5.74, 6) is 0. The second kappa shape index (κ2) is 6.80. The van der Waals surface area contributed by atoms with Gasteiger partial charge in [-0.3, -0.25) is 4.90 Å². The van der Waals surface area contributed by atoms with Gasteiger partial charge in [-0.2, -0.15) is 0 Å². The Labute approximate surface area is 129 Å². The van der Waals surface area contributed by atoms with E-state index in [0.717, 1.165) is 12.6 Å². The molecule has 0 saturated carbocycles. The zero-order chi connectivity index (χ0) is 14.7. The van der Waals surface area contributed by atoms with Crippen molar-refractivity contribution in [1.82, 2.24) is 10.2 Å². The SMILES string of the molecule is CC(C)NCc1ccc(N2CCC(N3CCCC3)C2)cc1. The topological polar surface area (TPSA) is 18.5 Å². The van der Waals surface area contributed by atoms with Gasteiger partial charge in [-0.15, -0.1) is 0 Å². The normalized spacial score (nSPS) is 23.4. The van der Waals surface area contributed by atoms with Crippen molar-refractivity contribution >= 4 is 5.69 Å². The van der Waals surface area contributed by atoms with Gasteiger partial charge in [-0.05, 0) is 50.0 Å². The van der Waals surface area contributed by atoms with Crippen LogP contribution in [0.15, 0.2) is 24.3 Å². The van der Waals surface area contributed by atoms with Crippen molar-refractivity contribution in [2.24, 2.45) is 0 Å². The predicted octanol–water partition coefficient (Wildman–Crippen LogP) is 2.86. The van der Waals surface area contributed by atoms with E-state index in [1.807, 2.05) is 0 Å². The van der Waals surface area contributed by atoms with E-state index in [2.05, 4.69) is 53.2 Å². The lowest BCUT2D eigenvalue weighted by Crippen LogP contribution is -2.35. The molecule has 1 atom stereocenters. The third-order valence-corrected chi connectivity index (χ3v) is 4.84. The number of nitrogens with zero attached hydrogens (tertiary/aromatic N) is 2. The van der Waals surface area contributed by atoms with Crippen molar-refractivity contribution in [3.63, 3.8) is 0 Å². The molecule has 2 saturated heterocycles. The molecule has 0 bridgehead atoms. The predicted molar refractivity (Wildman–Crippen MR) is 89.8 cm³/mol. The van der Waals surface area contributed by atoms with Gasteiger partial charge in [0.1, 0.15) is 0 Å². The molecule has 1 unspecified atom stereocenters. The Morgan fingerprint density at radius 2 is 1.81 bits per heavy atom. The molecule has 2 aliphatic rings. The highest BCUT2D eigenvalue weighted by Gasteiger charge is 2.29. The van der Waals surface area contributed by atoms with Crippen LogP contribution in [0.1, 0.15) is 38.7 Å². The summed E-state index contributed by atoms with van der Waals surface area (Å²) >= 11 is 0. The maximum atomic E-state index is 3.47. The highest BCUT2D eigenvalue weighted by molar-refractivity contribution is 5.48. The number of hydrogen-bond donors (Lipinski definition) is 1. The second-order valence-corrected chi connectivity index (χ2v) is 6.83. The maximum Gasteiger partial charge on any atom is 0.0366 e. The van der Waals surface area contributed by atoms with Crippen LogP contribution in [0.4, 0.5) is 5.69 Å². The molecule has 3 rings (SSSR count). The van der Waals surface area contributed by atoms with E-state index in [9.17, 15) is 0 Å². The zero-order valence-corrected chi connectivity index (χ0v) is 13.5. The van der Waals surface area contributed by atoms with Crippen LogP contribution >= 0.6 is 0 Å². The summed E-state index contributed by atoms with van der Waals surface area (Å²) < 4.78 is 0. The molecule has 2 heterocycles. The third kappa shape index (κ3) is 3.78. The first-order valence-corrected chi connectivity index (χ1v) is 8.54. The first-order valence-electron chi connectivity index (χ1n) is 8.54. The Morgan fingerprint density at radius 3 is 2.48 bits per heavy atom. The smallest absolute Gasteiger partial charge is 0.0366 e. The summed E-state index contributed by atoms with van der Waals surface area (Å²) in [5.41, 5.74) is 2.77. The van der Waals surface area contributed by atoms with Gasteiger partial charge in [0, 0.05) is 37.4 Å². The van der Waals surface area contributed by atoms with Crippen LogP contribution in [-0.4, -0.2) is 43.2 Å². The summed E-state index contributed by atoms with van der Waals surface area (Å²) in [7, 11) is 0. The van der Waals surface area contributed by atoms with Crippen molar-refractivity contribution in [1.29, 1.82) is 0 Å². The van der Waals surface area contributed by atoms with Crippen molar-refractivity contribution < 1.29 is 0 Å². The molecule has 0 radical (unpaired) electrons. The summed E-state index contributed by atoms with van der Waals surface area (Å²) in [6.07, 6.45) is 4.12. The van der Waals surface area contributed by atoms with E-state index in [-0.39, 0.29) is 0 Å². The fourth-order valence-electron chi connectivity index (χ4n) is 3.53. The van der Waals surface area contributed by atoms with Crippen molar-refractivity contribution in [2.45, 2.75) is 51.7 Å². The molecule has 3 nitrogen and oxygen atoms in total. The lowest BCUT2D eigenvalue weighted by molar-refractivity contribution is 0.260. The fourth-order valence-corrected chi connectivity index (χ4v) is 3.53. The standard InChI is InChI=1S/C18H29N3/c1-15(2)19-13-16-5-7-17(8-6-16)21-12-9-18(14-21)20-10-3-4-11-20/h5-8,15,18-19H,3-4,9-14H2,1-2H3. The molecule has 0 spiro atoms. The molecule has 1 aromatic rings. The van der Waals surface area contributed by atoms with Crippen molar-refractivity contribution in [3.05, 3.63) is 29.8 Å². The van der Waals surface area contributed by atoms with Crippen LogP contribution in [-0.2, 0) is 6.54 Å². The van der Waals surface area contributed by atoms with Gasteiger partial charge in [0.2, 0.25) is 0 Å². The summed E-state index contributed by atoms with van der Waals surface area (Å²) in [5, 5.41) is 3.47. The van der Waals surface area contributed by atoms with Gasteiger partial charge in [0.15, 0.2) is 0 Å². The van der Waals surface area contributed by atoms with Crippen LogP contribution in [0, 0.1) is 0 Å². The Balaban J connectivity index is 1.55. The summed E-state index contributed by atoms with van der Waals surface area (Å²) in [6, 6.07) is 10.5. The van der Waals surface area contributed by atoms with E-state index >= 15 is 0 Å². The van der Waals surface area contributed by atoms with Gasteiger partial charge >= 0.3 is 0 Å². The molecule has 0 aromatic heterocycles. The Bertz CT molecular complexity index is 434. The van der Waals surface area contributed by atoms with Gasteiger partial charge in [-0.1, -0.05) is 26.0 Å². The largest absolute Gasteiger partial charge is 0.370 e. The molecular weight excluding hydrogens is 258 g/mol. The molecule has 21 heavy (non-hydrogen) atoms. The molecule has 2 fully saturated rings. The molecule has 1 N–H and O–H groups in total. The Morgan fingerprint density at radius 1 is 1.10 bits per heavy atom. The van der Waals surface area contributed by atoms with Crippen molar-refractivity contribution in [3.8, 4) is 0 Å². The Kier molecular flexibility index (Phi) is 4.81. The molecular formula is C18H29N3. The van der Waals surface area contributed by atoms with E-state index in [4.69, 9.17) is 0 Å². The first kappa shape index (κ1) is 14.9. The van der Waals surface area contributed by atoms with Crippen LogP contribution in [0.2, 0.25) is 0 Å². The minimum atomic E-state index is 0.546. The molecule has 1 aromatic carbocycles. The minimum Gasteiger partial charge on any atom is -0.370 e. The average molecular weight is 287 g/mol. The quantitative estimate of drug-likeness (QED) is 0.898. The van der Waals surface area contributed by atoms with Crippen LogP contribution in [0.3, 0.4) is 0 Å². The molecule has 0 amide bonds. The molecule has 116 valence electrons. The van der Waals surface area contributed by atoms with Crippen LogP contribution < -0.4 is 10.2 Å². The minimum absolute atomic E-state index is 0.546.